The fourth-order valence-electron chi connectivity index (χ4n) is 2.17. The number of rotatable bonds is 2. The summed E-state index contributed by atoms with van der Waals surface area (Å²) in [5, 5.41) is 3.10. The van der Waals surface area contributed by atoms with Crippen LogP contribution in [0.5, 0.6) is 0 Å². The molecular weight excluding hydrogens is 324 g/mol. The van der Waals surface area contributed by atoms with E-state index in [1.807, 2.05) is 29.7 Å². The fourth-order valence-corrected chi connectivity index (χ4v) is 3.36. The molecule has 2 aromatic heterocycles. The van der Waals surface area contributed by atoms with E-state index in [0.717, 1.165) is 26.2 Å². The van der Waals surface area contributed by atoms with Crippen molar-refractivity contribution < 1.29 is 0 Å². The molecule has 1 aromatic carbocycles. The Morgan fingerprint density at radius 2 is 2.16 bits per heavy atom. The van der Waals surface area contributed by atoms with E-state index in [4.69, 9.17) is 5.73 Å². The average molecular weight is 337 g/mol. The van der Waals surface area contributed by atoms with Gasteiger partial charge in [-0.3, -0.25) is 0 Å². The van der Waals surface area contributed by atoms with Crippen LogP contribution in [0.4, 0.5) is 5.95 Å². The maximum Gasteiger partial charge on any atom is 0.201 e. The standard InChI is InChI=1S/C13H13BrN4S/c1-7-6-19-12(16-7)8(2)18-11-5-9(14)3-4-10(11)17-13(18)15/h3-6,8H,1-2H3,(H2,15,17). The first-order valence-electron chi connectivity index (χ1n) is 5.91. The van der Waals surface area contributed by atoms with E-state index in [0.29, 0.717) is 5.95 Å². The first-order valence-corrected chi connectivity index (χ1v) is 7.58. The Hall–Kier alpha value is -1.40. The number of anilines is 1. The second-order valence-corrected chi connectivity index (χ2v) is 6.28. The van der Waals surface area contributed by atoms with Crippen LogP contribution in [0.2, 0.25) is 0 Å². The molecule has 3 rings (SSSR count). The predicted molar refractivity (Wildman–Crippen MR) is 82.5 cm³/mol. The van der Waals surface area contributed by atoms with E-state index in [-0.39, 0.29) is 6.04 Å². The number of halogens is 1. The Kier molecular flexibility index (Phi) is 3.06. The summed E-state index contributed by atoms with van der Waals surface area (Å²) in [4.78, 5) is 8.94. The zero-order valence-corrected chi connectivity index (χ0v) is 13.0. The topological polar surface area (TPSA) is 56.7 Å². The van der Waals surface area contributed by atoms with Gasteiger partial charge in [-0.15, -0.1) is 11.3 Å². The summed E-state index contributed by atoms with van der Waals surface area (Å²) in [6.45, 7) is 4.09. The number of aryl methyl sites for hydroxylation is 1. The Bertz CT molecular complexity index is 746. The third-order valence-electron chi connectivity index (χ3n) is 3.06. The van der Waals surface area contributed by atoms with Gasteiger partial charge in [0, 0.05) is 15.5 Å². The molecule has 19 heavy (non-hydrogen) atoms. The molecule has 0 bridgehead atoms. The fraction of sp³-hybridized carbons (Fsp3) is 0.231. The van der Waals surface area contributed by atoms with Gasteiger partial charge in [-0.25, -0.2) is 9.97 Å². The number of hydrogen-bond donors (Lipinski definition) is 1. The molecule has 1 atom stereocenters. The molecule has 0 aliphatic carbocycles. The van der Waals surface area contributed by atoms with Crippen molar-refractivity contribution in [3.05, 3.63) is 38.8 Å². The third-order valence-corrected chi connectivity index (χ3v) is 4.69. The van der Waals surface area contributed by atoms with Crippen LogP contribution in [0.25, 0.3) is 11.0 Å². The second-order valence-electron chi connectivity index (χ2n) is 4.48. The van der Waals surface area contributed by atoms with Gasteiger partial charge in [-0.2, -0.15) is 0 Å². The quantitative estimate of drug-likeness (QED) is 0.775. The van der Waals surface area contributed by atoms with E-state index >= 15 is 0 Å². The number of benzene rings is 1. The van der Waals surface area contributed by atoms with Crippen LogP contribution < -0.4 is 5.73 Å². The first kappa shape index (κ1) is 12.6. The summed E-state index contributed by atoms with van der Waals surface area (Å²) in [6, 6.07) is 6.05. The van der Waals surface area contributed by atoms with Crippen molar-refractivity contribution in [2.24, 2.45) is 0 Å². The van der Waals surface area contributed by atoms with Gasteiger partial charge >= 0.3 is 0 Å². The van der Waals surface area contributed by atoms with Gasteiger partial charge < -0.3 is 10.3 Å². The summed E-state index contributed by atoms with van der Waals surface area (Å²) in [5.74, 6) is 0.522. The number of nitrogens with zero attached hydrogens (tertiary/aromatic N) is 3. The Balaban J connectivity index is 2.18. The third kappa shape index (κ3) is 2.15. The highest BCUT2D eigenvalue weighted by Crippen LogP contribution is 2.30. The molecule has 0 saturated heterocycles. The first-order chi connectivity index (χ1) is 9.06. The van der Waals surface area contributed by atoms with Crippen molar-refractivity contribution in [3.63, 3.8) is 0 Å². The molecular formula is C13H13BrN4S. The normalized spacial score (nSPS) is 13.0. The summed E-state index contributed by atoms with van der Waals surface area (Å²) < 4.78 is 3.04. The number of nitrogen functional groups attached to an aromatic ring is 1. The average Bonchev–Trinajstić information content (AvgIpc) is 2.91. The summed E-state index contributed by atoms with van der Waals surface area (Å²) in [5.41, 5.74) is 9.02. The van der Waals surface area contributed by atoms with Crippen LogP contribution in [0, 0.1) is 6.92 Å². The predicted octanol–water partition coefficient (Wildman–Crippen LogP) is 3.76. The van der Waals surface area contributed by atoms with E-state index in [1.54, 1.807) is 11.3 Å². The van der Waals surface area contributed by atoms with Crippen molar-refractivity contribution >= 4 is 44.2 Å². The molecule has 0 amide bonds. The van der Waals surface area contributed by atoms with Gasteiger partial charge in [0.1, 0.15) is 5.01 Å². The lowest BCUT2D eigenvalue weighted by atomic mass is 10.3. The molecule has 0 fully saturated rings. The van der Waals surface area contributed by atoms with Gasteiger partial charge in [-0.1, -0.05) is 15.9 Å². The van der Waals surface area contributed by atoms with Gasteiger partial charge in [0.25, 0.3) is 0 Å². The molecule has 0 aliphatic rings. The minimum atomic E-state index is 0.0815. The van der Waals surface area contributed by atoms with E-state index in [9.17, 15) is 0 Å². The van der Waals surface area contributed by atoms with Crippen molar-refractivity contribution in [2.75, 3.05) is 5.73 Å². The molecule has 98 valence electrons. The lowest BCUT2D eigenvalue weighted by Gasteiger charge is -2.13. The van der Waals surface area contributed by atoms with Crippen LogP contribution in [0.3, 0.4) is 0 Å². The molecule has 3 aromatic rings. The summed E-state index contributed by atoms with van der Waals surface area (Å²) >= 11 is 5.14. The molecule has 0 radical (unpaired) electrons. The van der Waals surface area contributed by atoms with Crippen LogP contribution in [0.1, 0.15) is 23.7 Å². The summed E-state index contributed by atoms with van der Waals surface area (Å²) in [7, 11) is 0. The number of aromatic nitrogens is 3. The highest BCUT2D eigenvalue weighted by atomic mass is 79.9. The number of thiazole rings is 1. The van der Waals surface area contributed by atoms with E-state index < -0.39 is 0 Å². The molecule has 6 heteroatoms. The van der Waals surface area contributed by atoms with Gasteiger partial charge in [-0.05, 0) is 32.0 Å². The van der Waals surface area contributed by atoms with Crippen molar-refractivity contribution in [1.29, 1.82) is 0 Å². The highest BCUT2D eigenvalue weighted by Gasteiger charge is 2.18. The minimum absolute atomic E-state index is 0.0815. The van der Waals surface area contributed by atoms with Crippen molar-refractivity contribution in [2.45, 2.75) is 19.9 Å². The zero-order valence-electron chi connectivity index (χ0n) is 10.6. The SMILES string of the molecule is Cc1csc(C(C)n2c(N)nc3ccc(Br)cc32)n1. The van der Waals surface area contributed by atoms with Gasteiger partial charge in [0.15, 0.2) is 0 Å². The Labute approximate surface area is 123 Å². The lowest BCUT2D eigenvalue weighted by molar-refractivity contribution is 0.661. The Morgan fingerprint density at radius 3 is 2.84 bits per heavy atom. The monoisotopic (exact) mass is 336 g/mol. The van der Waals surface area contributed by atoms with Crippen LogP contribution in [0.15, 0.2) is 28.1 Å². The lowest BCUT2D eigenvalue weighted by Crippen LogP contribution is -2.10. The smallest absolute Gasteiger partial charge is 0.201 e. The van der Waals surface area contributed by atoms with Crippen LogP contribution in [-0.4, -0.2) is 14.5 Å². The highest BCUT2D eigenvalue weighted by molar-refractivity contribution is 9.10. The van der Waals surface area contributed by atoms with Crippen LogP contribution in [-0.2, 0) is 0 Å². The molecule has 2 N–H and O–H groups in total. The van der Waals surface area contributed by atoms with Crippen molar-refractivity contribution in [1.82, 2.24) is 14.5 Å². The second kappa shape index (κ2) is 4.61. The van der Waals surface area contributed by atoms with E-state index in [1.165, 1.54) is 0 Å². The molecule has 0 aliphatic heterocycles. The largest absolute Gasteiger partial charge is 0.369 e. The Morgan fingerprint density at radius 1 is 1.37 bits per heavy atom. The van der Waals surface area contributed by atoms with Crippen LogP contribution >= 0.6 is 27.3 Å². The molecule has 2 heterocycles. The van der Waals surface area contributed by atoms with Gasteiger partial charge in [0.05, 0.1) is 17.1 Å². The molecule has 4 nitrogen and oxygen atoms in total. The number of hydrogen-bond acceptors (Lipinski definition) is 4. The maximum atomic E-state index is 6.06. The molecule has 1 unspecified atom stereocenters. The van der Waals surface area contributed by atoms with Crippen molar-refractivity contribution in [3.8, 4) is 0 Å². The molecule has 0 spiro atoms. The summed E-state index contributed by atoms with van der Waals surface area (Å²) in [6.07, 6.45) is 0. The van der Waals surface area contributed by atoms with E-state index in [2.05, 4.69) is 38.2 Å². The number of fused-ring (bicyclic) bond motifs is 1. The zero-order chi connectivity index (χ0) is 13.6. The maximum absolute atomic E-state index is 6.06. The molecule has 0 saturated carbocycles. The minimum Gasteiger partial charge on any atom is -0.369 e. The number of imidazole rings is 1. The van der Waals surface area contributed by atoms with Gasteiger partial charge in [0.2, 0.25) is 5.95 Å². The number of nitrogens with two attached hydrogens (primary N) is 1.